The minimum Gasteiger partial charge on any atom is -0.389 e. The average molecular weight is 314 g/mol. The number of aryl methyl sites for hydroxylation is 1. The van der Waals surface area contributed by atoms with Crippen molar-refractivity contribution < 1.29 is 13.2 Å². The second-order valence-corrected chi connectivity index (χ2v) is 7.06. The summed E-state index contributed by atoms with van der Waals surface area (Å²) < 4.78 is 32.9. The Morgan fingerprint density at radius 2 is 2.20 bits per heavy atom. The Labute approximate surface area is 124 Å². The van der Waals surface area contributed by atoms with Crippen LogP contribution in [0.2, 0.25) is 0 Å². The van der Waals surface area contributed by atoms with E-state index in [2.05, 4.69) is 4.72 Å². The number of benzene rings is 1. The zero-order chi connectivity index (χ0) is 14.9. The molecule has 7 heteroatoms. The van der Waals surface area contributed by atoms with E-state index in [1.54, 1.807) is 19.1 Å². The Morgan fingerprint density at radius 1 is 1.50 bits per heavy atom. The van der Waals surface area contributed by atoms with Gasteiger partial charge in [-0.05, 0) is 38.0 Å². The van der Waals surface area contributed by atoms with Crippen molar-refractivity contribution in [1.29, 1.82) is 0 Å². The van der Waals surface area contributed by atoms with Crippen LogP contribution in [0.5, 0.6) is 0 Å². The maximum atomic E-state index is 12.4. The fraction of sp³-hybridized carbons (Fsp3) is 0.462. The molecular formula is C13H18N2O3S2. The van der Waals surface area contributed by atoms with Gasteiger partial charge in [-0.3, -0.25) is 0 Å². The third-order valence-corrected chi connectivity index (χ3v) is 5.32. The summed E-state index contributed by atoms with van der Waals surface area (Å²) in [6.07, 6.45) is 0.575. The highest BCUT2D eigenvalue weighted by molar-refractivity contribution is 7.89. The third kappa shape index (κ3) is 3.17. The maximum Gasteiger partial charge on any atom is 0.241 e. The van der Waals surface area contributed by atoms with Crippen molar-refractivity contribution in [1.82, 2.24) is 4.72 Å². The molecule has 1 aliphatic heterocycles. The van der Waals surface area contributed by atoms with Gasteiger partial charge in [0, 0.05) is 12.2 Å². The molecule has 0 saturated carbocycles. The zero-order valence-electron chi connectivity index (χ0n) is 11.4. The Balaban J connectivity index is 2.27. The van der Waals surface area contributed by atoms with E-state index in [4.69, 9.17) is 22.7 Å². The molecule has 5 nitrogen and oxygen atoms in total. The van der Waals surface area contributed by atoms with Crippen LogP contribution < -0.4 is 10.5 Å². The summed E-state index contributed by atoms with van der Waals surface area (Å²) in [7, 11) is -3.56. The van der Waals surface area contributed by atoms with Crippen molar-refractivity contribution >= 4 is 27.2 Å². The number of nitrogens with one attached hydrogen (secondary N) is 1. The molecule has 0 spiro atoms. The SMILES string of the molecule is Cc1cc(C(N)=S)ccc1S(=O)(=O)NC1CCOC1C. The topological polar surface area (TPSA) is 81.4 Å². The number of hydrogen-bond acceptors (Lipinski definition) is 4. The van der Waals surface area contributed by atoms with Crippen LogP contribution in [0.3, 0.4) is 0 Å². The lowest BCUT2D eigenvalue weighted by molar-refractivity contribution is 0.117. The first kappa shape index (κ1) is 15.4. The van der Waals surface area contributed by atoms with Crippen LogP contribution in [0.4, 0.5) is 0 Å². The van der Waals surface area contributed by atoms with E-state index in [0.29, 0.717) is 24.2 Å². The van der Waals surface area contributed by atoms with Gasteiger partial charge in [0.2, 0.25) is 10.0 Å². The molecule has 0 amide bonds. The van der Waals surface area contributed by atoms with Gasteiger partial charge in [0.15, 0.2) is 0 Å². The summed E-state index contributed by atoms with van der Waals surface area (Å²) in [4.78, 5) is 0.499. The first-order valence-corrected chi connectivity index (χ1v) is 8.25. The summed E-state index contributed by atoms with van der Waals surface area (Å²) in [5.41, 5.74) is 6.82. The highest BCUT2D eigenvalue weighted by Gasteiger charge is 2.29. The van der Waals surface area contributed by atoms with E-state index in [-0.39, 0.29) is 22.0 Å². The first-order chi connectivity index (χ1) is 9.31. The fourth-order valence-corrected chi connectivity index (χ4v) is 3.95. The first-order valence-electron chi connectivity index (χ1n) is 6.35. The van der Waals surface area contributed by atoms with Gasteiger partial charge >= 0.3 is 0 Å². The molecule has 2 unspecified atom stereocenters. The lowest BCUT2D eigenvalue weighted by atomic mass is 10.1. The van der Waals surface area contributed by atoms with Crippen LogP contribution >= 0.6 is 12.2 Å². The normalized spacial score (nSPS) is 22.9. The summed E-state index contributed by atoms with van der Waals surface area (Å²) in [5, 5.41) is 0. The Kier molecular flexibility index (Phi) is 4.43. The highest BCUT2D eigenvalue weighted by atomic mass is 32.2. The predicted molar refractivity (Wildman–Crippen MR) is 81.2 cm³/mol. The van der Waals surface area contributed by atoms with Crippen LogP contribution in [-0.4, -0.2) is 32.2 Å². The van der Waals surface area contributed by atoms with E-state index in [1.807, 2.05) is 6.92 Å². The molecule has 0 bridgehead atoms. The van der Waals surface area contributed by atoms with Crippen molar-refractivity contribution in [2.24, 2.45) is 5.73 Å². The second-order valence-electron chi connectivity index (χ2n) is 4.94. The fourth-order valence-electron chi connectivity index (χ4n) is 2.25. The molecule has 0 aliphatic carbocycles. The molecule has 110 valence electrons. The molecule has 1 fully saturated rings. The van der Waals surface area contributed by atoms with Gasteiger partial charge < -0.3 is 10.5 Å². The van der Waals surface area contributed by atoms with E-state index in [1.165, 1.54) is 6.07 Å². The second kappa shape index (κ2) is 5.77. The molecule has 0 aromatic heterocycles. The number of nitrogens with two attached hydrogens (primary N) is 1. The number of thiocarbonyl (C=S) groups is 1. The summed E-state index contributed by atoms with van der Waals surface area (Å²) in [6.45, 7) is 4.17. The Hall–Kier alpha value is -1.02. The zero-order valence-corrected chi connectivity index (χ0v) is 13.1. The summed E-state index contributed by atoms with van der Waals surface area (Å²) >= 11 is 4.89. The third-order valence-electron chi connectivity index (χ3n) is 3.43. The van der Waals surface area contributed by atoms with Gasteiger partial charge in [0.25, 0.3) is 0 Å². The Bertz CT molecular complexity index is 629. The average Bonchev–Trinajstić information content (AvgIpc) is 2.73. The van der Waals surface area contributed by atoms with Crippen LogP contribution in [0, 0.1) is 6.92 Å². The number of sulfonamides is 1. The minimum absolute atomic E-state index is 0.110. The van der Waals surface area contributed by atoms with Crippen molar-refractivity contribution in [2.75, 3.05) is 6.61 Å². The molecule has 20 heavy (non-hydrogen) atoms. The molecule has 1 aromatic carbocycles. The maximum absolute atomic E-state index is 12.4. The minimum atomic E-state index is -3.56. The molecule has 1 aliphatic rings. The van der Waals surface area contributed by atoms with Gasteiger partial charge in [0.1, 0.15) is 4.99 Å². The largest absolute Gasteiger partial charge is 0.389 e. The van der Waals surface area contributed by atoms with Crippen LogP contribution in [0.15, 0.2) is 23.1 Å². The standard InChI is InChI=1S/C13H18N2O3S2/c1-8-7-10(13(14)19)3-4-12(8)20(16,17)15-11-5-6-18-9(11)2/h3-4,7,9,11,15H,5-6H2,1-2H3,(H2,14,19). The number of ether oxygens (including phenoxy) is 1. The highest BCUT2D eigenvalue weighted by Crippen LogP contribution is 2.20. The summed E-state index contributed by atoms with van der Waals surface area (Å²) in [6, 6.07) is 4.66. The summed E-state index contributed by atoms with van der Waals surface area (Å²) in [5.74, 6) is 0. The van der Waals surface area contributed by atoms with Crippen LogP contribution in [0.1, 0.15) is 24.5 Å². The van der Waals surface area contributed by atoms with Crippen molar-refractivity contribution in [2.45, 2.75) is 37.3 Å². The molecule has 1 heterocycles. The molecule has 1 aromatic rings. The van der Waals surface area contributed by atoms with E-state index >= 15 is 0 Å². The van der Waals surface area contributed by atoms with Gasteiger partial charge in [-0.15, -0.1) is 0 Å². The van der Waals surface area contributed by atoms with Crippen molar-refractivity contribution in [3.05, 3.63) is 29.3 Å². The smallest absolute Gasteiger partial charge is 0.241 e. The van der Waals surface area contributed by atoms with E-state index < -0.39 is 10.0 Å². The molecule has 2 rings (SSSR count). The quantitative estimate of drug-likeness (QED) is 0.813. The molecular weight excluding hydrogens is 296 g/mol. The van der Waals surface area contributed by atoms with Gasteiger partial charge in [-0.25, -0.2) is 13.1 Å². The lowest BCUT2D eigenvalue weighted by Gasteiger charge is -2.17. The molecule has 0 radical (unpaired) electrons. The Morgan fingerprint density at radius 3 is 2.70 bits per heavy atom. The molecule has 3 N–H and O–H groups in total. The van der Waals surface area contributed by atoms with E-state index in [9.17, 15) is 8.42 Å². The lowest BCUT2D eigenvalue weighted by Crippen LogP contribution is -2.39. The van der Waals surface area contributed by atoms with Gasteiger partial charge in [-0.2, -0.15) is 0 Å². The molecule has 2 atom stereocenters. The number of hydrogen-bond donors (Lipinski definition) is 2. The van der Waals surface area contributed by atoms with Gasteiger partial charge in [0.05, 0.1) is 17.0 Å². The molecule has 1 saturated heterocycles. The monoisotopic (exact) mass is 314 g/mol. The van der Waals surface area contributed by atoms with Gasteiger partial charge in [-0.1, -0.05) is 18.3 Å². The van der Waals surface area contributed by atoms with Crippen molar-refractivity contribution in [3.63, 3.8) is 0 Å². The van der Waals surface area contributed by atoms with Crippen LogP contribution in [0.25, 0.3) is 0 Å². The van der Waals surface area contributed by atoms with Crippen LogP contribution in [-0.2, 0) is 14.8 Å². The van der Waals surface area contributed by atoms with E-state index in [0.717, 1.165) is 0 Å². The number of rotatable bonds is 4. The van der Waals surface area contributed by atoms with Crippen molar-refractivity contribution in [3.8, 4) is 0 Å². The predicted octanol–water partition coefficient (Wildman–Crippen LogP) is 1.08.